The van der Waals surface area contributed by atoms with Gasteiger partial charge in [0.1, 0.15) is 0 Å². The summed E-state index contributed by atoms with van der Waals surface area (Å²) in [5, 5.41) is 0.524. The predicted octanol–water partition coefficient (Wildman–Crippen LogP) is 0.998. The highest BCUT2D eigenvalue weighted by atomic mass is 35.5. The first-order valence-electron chi connectivity index (χ1n) is 5.61. The Bertz CT molecular complexity index is 504. The van der Waals surface area contributed by atoms with Gasteiger partial charge in [-0.15, -0.1) is 0 Å². The van der Waals surface area contributed by atoms with E-state index in [0.29, 0.717) is 22.9 Å². The van der Waals surface area contributed by atoms with Crippen LogP contribution in [0.1, 0.15) is 6.42 Å². The van der Waals surface area contributed by atoms with Crippen LogP contribution in [0.2, 0.25) is 5.02 Å². The van der Waals surface area contributed by atoms with Crippen molar-refractivity contribution in [3.63, 3.8) is 0 Å². The summed E-state index contributed by atoms with van der Waals surface area (Å²) in [7, 11) is 1.67. The maximum Gasteiger partial charge on any atom is 0.240 e. The van der Waals surface area contributed by atoms with Crippen LogP contribution < -0.4 is 15.5 Å². The molecule has 1 aromatic carbocycles. The molecular formula is C12H14ClN3O2. The van der Waals surface area contributed by atoms with E-state index in [1.807, 2.05) is 0 Å². The summed E-state index contributed by atoms with van der Waals surface area (Å²) < 4.78 is 0. The molecule has 2 rings (SSSR count). The van der Waals surface area contributed by atoms with Crippen molar-refractivity contribution in [1.82, 2.24) is 0 Å². The van der Waals surface area contributed by atoms with Crippen LogP contribution in [0.15, 0.2) is 18.2 Å². The Labute approximate surface area is 110 Å². The summed E-state index contributed by atoms with van der Waals surface area (Å²) in [5.74, 6) is -0.257. The lowest BCUT2D eigenvalue weighted by Gasteiger charge is -2.23. The molecule has 2 amide bonds. The van der Waals surface area contributed by atoms with Crippen molar-refractivity contribution < 1.29 is 9.59 Å². The van der Waals surface area contributed by atoms with Gasteiger partial charge in [-0.2, -0.15) is 0 Å². The van der Waals surface area contributed by atoms with Gasteiger partial charge in [-0.1, -0.05) is 11.6 Å². The molecule has 0 radical (unpaired) electrons. The van der Waals surface area contributed by atoms with Crippen molar-refractivity contribution in [3.8, 4) is 0 Å². The highest BCUT2D eigenvalue weighted by Crippen LogP contribution is 2.34. The highest BCUT2D eigenvalue weighted by Gasteiger charge is 2.26. The van der Waals surface area contributed by atoms with E-state index in [2.05, 4.69) is 0 Å². The number of anilines is 2. The molecule has 1 aromatic rings. The molecule has 0 unspecified atom stereocenters. The third-order valence-electron chi connectivity index (χ3n) is 2.99. The molecule has 1 heterocycles. The van der Waals surface area contributed by atoms with Gasteiger partial charge in [0.2, 0.25) is 11.8 Å². The Hall–Kier alpha value is -1.59. The van der Waals surface area contributed by atoms with E-state index in [0.717, 1.165) is 0 Å². The maximum atomic E-state index is 11.9. The predicted molar refractivity (Wildman–Crippen MR) is 70.9 cm³/mol. The lowest BCUT2D eigenvalue weighted by Crippen LogP contribution is -2.36. The van der Waals surface area contributed by atoms with Crippen molar-refractivity contribution in [1.29, 1.82) is 0 Å². The molecule has 1 aliphatic heterocycles. The van der Waals surface area contributed by atoms with Crippen LogP contribution in [0.25, 0.3) is 0 Å². The molecule has 1 aliphatic rings. The second-order valence-corrected chi connectivity index (χ2v) is 4.52. The summed E-state index contributed by atoms with van der Waals surface area (Å²) >= 11 is 5.94. The average Bonchev–Trinajstić information content (AvgIpc) is 2.49. The number of nitrogens with zero attached hydrogens (tertiary/aromatic N) is 2. The van der Waals surface area contributed by atoms with E-state index in [-0.39, 0.29) is 24.8 Å². The molecule has 5 nitrogen and oxygen atoms in total. The monoisotopic (exact) mass is 267 g/mol. The SMILES string of the molecule is CN1C(=O)CCN(C(=O)CN)c2ccc(Cl)cc21. The van der Waals surface area contributed by atoms with Crippen LogP contribution in [0.3, 0.4) is 0 Å². The summed E-state index contributed by atoms with van der Waals surface area (Å²) in [6, 6.07) is 5.11. The lowest BCUT2D eigenvalue weighted by atomic mass is 10.2. The molecule has 0 saturated heterocycles. The number of fused-ring (bicyclic) bond motifs is 1. The molecule has 0 atom stereocenters. The summed E-state index contributed by atoms with van der Waals surface area (Å²) in [6.45, 7) is 0.258. The third-order valence-corrected chi connectivity index (χ3v) is 3.22. The second-order valence-electron chi connectivity index (χ2n) is 4.09. The van der Waals surface area contributed by atoms with Gasteiger partial charge < -0.3 is 15.5 Å². The molecule has 6 heteroatoms. The third kappa shape index (κ3) is 2.19. The van der Waals surface area contributed by atoms with Gasteiger partial charge in [-0.3, -0.25) is 9.59 Å². The van der Waals surface area contributed by atoms with Gasteiger partial charge in [0.15, 0.2) is 0 Å². The van der Waals surface area contributed by atoms with Crippen LogP contribution in [0.4, 0.5) is 11.4 Å². The Kier molecular flexibility index (Phi) is 3.54. The van der Waals surface area contributed by atoms with Gasteiger partial charge in [0.05, 0.1) is 17.9 Å². The zero-order chi connectivity index (χ0) is 13.3. The normalized spacial score (nSPS) is 15.4. The molecule has 0 aliphatic carbocycles. The first-order chi connectivity index (χ1) is 8.54. The van der Waals surface area contributed by atoms with Crippen molar-refractivity contribution in [3.05, 3.63) is 23.2 Å². The maximum absolute atomic E-state index is 11.9. The highest BCUT2D eigenvalue weighted by molar-refractivity contribution is 6.31. The van der Waals surface area contributed by atoms with Crippen LogP contribution >= 0.6 is 11.6 Å². The van der Waals surface area contributed by atoms with Crippen molar-refractivity contribution >= 4 is 34.8 Å². The molecular weight excluding hydrogens is 254 g/mol. The number of carbonyl (C=O) groups is 2. The number of amides is 2. The fourth-order valence-corrected chi connectivity index (χ4v) is 2.16. The fraction of sp³-hybridized carbons (Fsp3) is 0.333. The smallest absolute Gasteiger partial charge is 0.240 e. The summed E-state index contributed by atoms with van der Waals surface area (Å²) in [5.41, 5.74) is 6.70. The van der Waals surface area contributed by atoms with Crippen LogP contribution in [0.5, 0.6) is 0 Å². The van der Waals surface area contributed by atoms with Crippen LogP contribution in [-0.2, 0) is 9.59 Å². The van der Waals surface area contributed by atoms with Crippen LogP contribution in [-0.4, -0.2) is 32.0 Å². The van der Waals surface area contributed by atoms with Gasteiger partial charge in [-0.05, 0) is 18.2 Å². The quantitative estimate of drug-likeness (QED) is 0.825. The lowest BCUT2D eigenvalue weighted by molar-refractivity contribution is -0.118. The summed E-state index contributed by atoms with van der Waals surface area (Å²) in [6.07, 6.45) is 0.272. The molecule has 0 saturated carbocycles. The number of carbonyl (C=O) groups excluding carboxylic acids is 2. The number of hydrogen-bond donors (Lipinski definition) is 1. The standard InChI is InChI=1S/C12H14ClN3O2/c1-15-10-6-8(13)2-3-9(10)16(12(18)7-14)5-4-11(15)17/h2-3,6H,4-5,7,14H2,1H3. The number of hydrogen-bond acceptors (Lipinski definition) is 3. The van der Waals surface area contributed by atoms with E-state index in [1.165, 1.54) is 9.80 Å². The molecule has 2 N–H and O–H groups in total. The largest absolute Gasteiger partial charge is 0.322 e. The molecule has 18 heavy (non-hydrogen) atoms. The molecule has 96 valence electrons. The first-order valence-corrected chi connectivity index (χ1v) is 5.99. The van der Waals surface area contributed by atoms with Crippen molar-refractivity contribution in [2.75, 3.05) is 29.9 Å². The average molecular weight is 268 g/mol. The van der Waals surface area contributed by atoms with E-state index >= 15 is 0 Å². The first kappa shape index (κ1) is 12.9. The minimum atomic E-state index is -0.207. The summed E-state index contributed by atoms with van der Waals surface area (Å²) in [4.78, 5) is 26.7. The van der Waals surface area contributed by atoms with Crippen molar-refractivity contribution in [2.45, 2.75) is 6.42 Å². The Morgan fingerprint density at radius 2 is 2.17 bits per heavy atom. The van der Waals surface area contributed by atoms with Gasteiger partial charge in [0, 0.05) is 25.0 Å². The molecule has 0 spiro atoms. The molecule has 0 bridgehead atoms. The topological polar surface area (TPSA) is 66.6 Å². The van der Waals surface area contributed by atoms with E-state index in [9.17, 15) is 9.59 Å². The Morgan fingerprint density at radius 3 is 2.83 bits per heavy atom. The fourth-order valence-electron chi connectivity index (χ4n) is 1.99. The van der Waals surface area contributed by atoms with E-state index in [1.54, 1.807) is 25.2 Å². The number of rotatable bonds is 1. The Morgan fingerprint density at radius 1 is 1.44 bits per heavy atom. The van der Waals surface area contributed by atoms with Crippen molar-refractivity contribution in [2.24, 2.45) is 5.73 Å². The van der Waals surface area contributed by atoms with Gasteiger partial charge >= 0.3 is 0 Å². The van der Waals surface area contributed by atoms with Crippen LogP contribution in [0, 0.1) is 0 Å². The minimum absolute atomic E-state index is 0.0501. The zero-order valence-corrected chi connectivity index (χ0v) is 10.8. The zero-order valence-electron chi connectivity index (χ0n) is 10.0. The van der Waals surface area contributed by atoms with E-state index < -0.39 is 0 Å². The van der Waals surface area contributed by atoms with Gasteiger partial charge in [-0.25, -0.2) is 0 Å². The van der Waals surface area contributed by atoms with Gasteiger partial charge in [0.25, 0.3) is 0 Å². The number of halogens is 1. The molecule has 0 fully saturated rings. The number of nitrogens with two attached hydrogens (primary N) is 1. The minimum Gasteiger partial charge on any atom is -0.322 e. The second kappa shape index (κ2) is 4.96. The Balaban J connectivity index is 2.54. The molecule has 0 aromatic heterocycles. The van der Waals surface area contributed by atoms with E-state index in [4.69, 9.17) is 17.3 Å². The number of benzene rings is 1.